The van der Waals surface area contributed by atoms with E-state index < -0.39 is 5.82 Å². The molecule has 0 aliphatic heterocycles. The third kappa shape index (κ3) is 4.04. The van der Waals surface area contributed by atoms with Crippen LogP contribution in [0, 0.1) is 17.7 Å². The molecule has 2 heterocycles. The predicted octanol–water partition coefficient (Wildman–Crippen LogP) is 4.09. The molecule has 29 heavy (non-hydrogen) atoms. The second-order valence-electron chi connectivity index (χ2n) is 8.05. The molecule has 2 atom stereocenters. The van der Waals surface area contributed by atoms with Gasteiger partial charge in [-0.3, -0.25) is 9.78 Å². The van der Waals surface area contributed by atoms with Gasteiger partial charge in [0.05, 0.1) is 22.6 Å². The standard InChI is InChI=1S/C22H24ClFN4O/c1-28(2)22(29)15-6-4-3-5-13(15)9-20-18(24)12-26-21(27-20)16-7-8-19-17(16)10-14(23)11-25-19/h7,10-13,15H,3-6,8-9H2,1-2H3/t13-,15+/m1/s1. The van der Waals surface area contributed by atoms with Crippen LogP contribution < -0.4 is 0 Å². The lowest BCUT2D eigenvalue weighted by molar-refractivity contribution is -0.135. The normalized spacial score (nSPS) is 20.9. The Labute approximate surface area is 175 Å². The van der Waals surface area contributed by atoms with Crippen molar-refractivity contribution >= 4 is 23.1 Å². The third-order valence-corrected chi connectivity index (χ3v) is 6.11. The molecule has 0 bridgehead atoms. The molecule has 1 fully saturated rings. The van der Waals surface area contributed by atoms with E-state index in [1.54, 1.807) is 25.2 Å². The Hall–Kier alpha value is -2.34. The smallest absolute Gasteiger partial charge is 0.225 e. The van der Waals surface area contributed by atoms with Gasteiger partial charge >= 0.3 is 0 Å². The van der Waals surface area contributed by atoms with Crippen LogP contribution in [0.2, 0.25) is 5.02 Å². The van der Waals surface area contributed by atoms with Gasteiger partial charge in [-0.1, -0.05) is 30.5 Å². The fraction of sp³-hybridized carbons (Fsp3) is 0.455. The zero-order valence-corrected chi connectivity index (χ0v) is 17.4. The highest BCUT2D eigenvalue weighted by molar-refractivity contribution is 6.30. The van der Waals surface area contributed by atoms with Crippen LogP contribution in [0.1, 0.15) is 48.5 Å². The second kappa shape index (κ2) is 8.19. The summed E-state index contributed by atoms with van der Waals surface area (Å²) in [5, 5.41) is 0.547. The number of carbonyl (C=O) groups excluding carboxylic acids is 1. The molecule has 0 aromatic carbocycles. The Morgan fingerprint density at radius 3 is 2.83 bits per heavy atom. The molecule has 5 nitrogen and oxygen atoms in total. The van der Waals surface area contributed by atoms with E-state index in [2.05, 4.69) is 15.0 Å². The predicted molar refractivity (Wildman–Crippen MR) is 110 cm³/mol. The molecule has 2 aliphatic carbocycles. The number of hydrogen-bond donors (Lipinski definition) is 0. The van der Waals surface area contributed by atoms with Crippen LogP contribution in [-0.4, -0.2) is 39.9 Å². The lowest BCUT2D eigenvalue weighted by Crippen LogP contribution is -2.37. The van der Waals surface area contributed by atoms with Crippen molar-refractivity contribution in [1.82, 2.24) is 19.9 Å². The Kier molecular flexibility index (Phi) is 5.63. The van der Waals surface area contributed by atoms with Crippen LogP contribution in [-0.2, 0) is 17.6 Å². The molecule has 2 aliphatic rings. The highest BCUT2D eigenvalue weighted by Gasteiger charge is 2.33. The van der Waals surface area contributed by atoms with Gasteiger partial charge in [0.25, 0.3) is 0 Å². The maximum Gasteiger partial charge on any atom is 0.225 e. The van der Waals surface area contributed by atoms with Gasteiger partial charge in [0.1, 0.15) is 0 Å². The SMILES string of the molecule is CN(C)C(=O)[C@H]1CCCC[C@@H]1Cc1nc(C2=CCc3ncc(Cl)cc32)ncc1F. The Morgan fingerprint density at radius 1 is 1.24 bits per heavy atom. The van der Waals surface area contributed by atoms with Crippen LogP contribution in [0.5, 0.6) is 0 Å². The van der Waals surface area contributed by atoms with Crippen LogP contribution in [0.25, 0.3) is 5.57 Å². The summed E-state index contributed by atoms with van der Waals surface area (Å²) in [6.45, 7) is 0. The van der Waals surface area contributed by atoms with Gasteiger partial charge in [-0.15, -0.1) is 0 Å². The summed E-state index contributed by atoms with van der Waals surface area (Å²) in [6, 6.07) is 1.85. The number of halogens is 2. The van der Waals surface area contributed by atoms with E-state index in [4.69, 9.17) is 11.6 Å². The number of rotatable bonds is 4. The number of amides is 1. The average Bonchev–Trinajstić information content (AvgIpc) is 3.12. The van der Waals surface area contributed by atoms with E-state index in [0.717, 1.165) is 42.5 Å². The fourth-order valence-electron chi connectivity index (χ4n) is 4.42. The minimum atomic E-state index is -0.418. The third-order valence-electron chi connectivity index (χ3n) is 5.91. The van der Waals surface area contributed by atoms with Crippen molar-refractivity contribution in [2.45, 2.75) is 38.5 Å². The highest BCUT2D eigenvalue weighted by atomic mass is 35.5. The largest absolute Gasteiger partial charge is 0.349 e. The maximum atomic E-state index is 14.6. The first-order chi connectivity index (χ1) is 13.9. The number of aromatic nitrogens is 3. The van der Waals surface area contributed by atoms with E-state index in [9.17, 15) is 9.18 Å². The zero-order valence-electron chi connectivity index (χ0n) is 16.7. The minimum Gasteiger partial charge on any atom is -0.349 e. The topological polar surface area (TPSA) is 59.0 Å². The first-order valence-electron chi connectivity index (χ1n) is 10.0. The molecule has 0 unspecified atom stereocenters. The summed E-state index contributed by atoms with van der Waals surface area (Å²) in [5.74, 6) is 0.203. The highest BCUT2D eigenvalue weighted by Crippen LogP contribution is 2.35. The van der Waals surface area contributed by atoms with Gasteiger partial charge in [0.2, 0.25) is 5.91 Å². The number of allylic oxidation sites excluding steroid dienone is 1. The number of carbonyl (C=O) groups is 1. The molecule has 0 spiro atoms. The molecule has 2 aromatic heterocycles. The van der Waals surface area contributed by atoms with Gasteiger partial charge in [0, 0.05) is 43.8 Å². The lowest BCUT2D eigenvalue weighted by atomic mass is 9.76. The minimum absolute atomic E-state index is 0.0778. The molecule has 1 saturated carbocycles. The molecule has 1 amide bonds. The fourth-order valence-corrected chi connectivity index (χ4v) is 4.57. The Bertz CT molecular complexity index is 975. The molecular formula is C22H24ClFN4O. The number of pyridine rings is 1. The van der Waals surface area contributed by atoms with Crippen molar-refractivity contribution in [3.05, 3.63) is 58.2 Å². The molecule has 152 valence electrons. The Balaban J connectivity index is 1.62. The van der Waals surface area contributed by atoms with Crippen molar-refractivity contribution in [2.75, 3.05) is 14.1 Å². The van der Waals surface area contributed by atoms with Crippen molar-refractivity contribution < 1.29 is 9.18 Å². The first-order valence-corrected chi connectivity index (χ1v) is 10.4. The summed E-state index contributed by atoms with van der Waals surface area (Å²) >= 11 is 6.11. The summed E-state index contributed by atoms with van der Waals surface area (Å²) in [4.78, 5) is 27.4. The van der Waals surface area contributed by atoms with E-state index >= 15 is 0 Å². The summed E-state index contributed by atoms with van der Waals surface area (Å²) in [7, 11) is 3.56. The van der Waals surface area contributed by atoms with Gasteiger partial charge in [0.15, 0.2) is 11.6 Å². The molecule has 0 saturated heterocycles. The van der Waals surface area contributed by atoms with E-state index in [1.165, 1.54) is 6.20 Å². The van der Waals surface area contributed by atoms with Gasteiger partial charge in [-0.2, -0.15) is 0 Å². The molecule has 7 heteroatoms. The molecule has 0 N–H and O–H groups in total. The van der Waals surface area contributed by atoms with Crippen molar-refractivity contribution in [3.8, 4) is 0 Å². The van der Waals surface area contributed by atoms with Crippen LogP contribution in [0.3, 0.4) is 0 Å². The molecule has 2 aromatic rings. The van der Waals surface area contributed by atoms with E-state index in [1.807, 2.05) is 12.1 Å². The quantitative estimate of drug-likeness (QED) is 0.756. The van der Waals surface area contributed by atoms with Crippen molar-refractivity contribution in [2.24, 2.45) is 11.8 Å². The maximum absolute atomic E-state index is 14.6. The van der Waals surface area contributed by atoms with Crippen molar-refractivity contribution in [1.29, 1.82) is 0 Å². The Morgan fingerprint density at radius 2 is 2.03 bits per heavy atom. The van der Waals surface area contributed by atoms with Gasteiger partial charge in [-0.25, -0.2) is 14.4 Å². The number of fused-ring (bicyclic) bond motifs is 1. The average molecular weight is 415 g/mol. The van der Waals surface area contributed by atoms with Crippen LogP contribution in [0.4, 0.5) is 4.39 Å². The monoisotopic (exact) mass is 414 g/mol. The molecule has 4 rings (SSSR count). The molecular weight excluding hydrogens is 391 g/mol. The zero-order chi connectivity index (χ0) is 20.5. The summed E-state index contributed by atoms with van der Waals surface area (Å²) in [6.07, 6.45) is 9.85. The van der Waals surface area contributed by atoms with Gasteiger partial charge < -0.3 is 4.90 Å². The van der Waals surface area contributed by atoms with Crippen LogP contribution in [0.15, 0.2) is 24.5 Å². The first kappa shape index (κ1) is 20.0. The lowest BCUT2D eigenvalue weighted by Gasteiger charge is -2.32. The van der Waals surface area contributed by atoms with Crippen molar-refractivity contribution in [3.63, 3.8) is 0 Å². The van der Waals surface area contributed by atoms with E-state index in [0.29, 0.717) is 29.4 Å². The van der Waals surface area contributed by atoms with E-state index in [-0.39, 0.29) is 17.7 Å². The molecule has 0 radical (unpaired) electrons. The number of hydrogen-bond acceptors (Lipinski definition) is 4. The van der Waals surface area contributed by atoms with Crippen LogP contribution >= 0.6 is 11.6 Å². The van der Waals surface area contributed by atoms with Gasteiger partial charge in [-0.05, 0) is 31.2 Å². The number of nitrogens with zero attached hydrogens (tertiary/aromatic N) is 4. The summed E-state index contributed by atoms with van der Waals surface area (Å²) < 4.78 is 14.6. The second-order valence-corrected chi connectivity index (χ2v) is 8.48. The summed E-state index contributed by atoms with van der Waals surface area (Å²) in [5.41, 5.74) is 3.03.